The number of ether oxygens (including phenoxy) is 2. The van der Waals surface area contributed by atoms with Crippen molar-refractivity contribution in [3.05, 3.63) is 87.8 Å². The molecule has 1 aromatic heterocycles. The Labute approximate surface area is 181 Å². The first kappa shape index (κ1) is 20.4. The summed E-state index contributed by atoms with van der Waals surface area (Å²) in [6, 6.07) is 15.6. The molecule has 0 spiro atoms. The van der Waals surface area contributed by atoms with E-state index >= 15 is 0 Å². The van der Waals surface area contributed by atoms with Gasteiger partial charge in [0.15, 0.2) is 18.4 Å². The SMILES string of the molecule is O=C(COc1ccc2c(c1)OC(=Cc1cccs1)C2=O)NC(C(=O)O)c1ccccc1. The fraction of sp³-hybridized carbons (Fsp3) is 0.0870. The molecule has 1 aliphatic heterocycles. The van der Waals surface area contributed by atoms with Gasteiger partial charge in [0, 0.05) is 17.0 Å². The maximum Gasteiger partial charge on any atom is 0.330 e. The number of aliphatic carboxylic acids is 1. The van der Waals surface area contributed by atoms with E-state index in [-0.39, 0.29) is 18.1 Å². The van der Waals surface area contributed by atoms with Gasteiger partial charge in [-0.05, 0) is 29.1 Å². The van der Waals surface area contributed by atoms with E-state index < -0.39 is 17.9 Å². The van der Waals surface area contributed by atoms with Crippen LogP contribution in [0, 0.1) is 0 Å². The topological polar surface area (TPSA) is 102 Å². The number of fused-ring (bicyclic) bond motifs is 1. The Balaban J connectivity index is 1.40. The number of hydrogen-bond acceptors (Lipinski definition) is 6. The summed E-state index contributed by atoms with van der Waals surface area (Å²) in [6.07, 6.45) is 1.68. The molecule has 0 radical (unpaired) electrons. The summed E-state index contributed by atoms with van der Waals surface area (Å²) in [5.41, 5.74) is 0.868. The van der Waals surface area contributed by atoms with E-state index in [2.05, 4.69) is 5.32 Å². The van der Waals surface area contributed by atoms with Gasteiger partial charge in [-0.2, -0.15) is 0 Å². The van der Waals surface area contributed by atoms with Crippen LogP contribution in [-0.4, -0.2) is 29.4 Å². The van der Waals surface area contributed by atoms with Gasteiger partial charge in [0.2, 0.25) is 5.78 Å². The molecule has 2 heterocycles. The van der Waals surface area contributed by atoms with Crippen LogP contribution in [0.1, 0.15) is 26.8 Å². The van der Waals surface area contributed by atoms with Gasteiger partial charge in [0.05, 0.1) is 5.56 Å². The van der Waals surface area contributed by atoms with Gasteiger partial charge in [0.25, 0.3) is 5.91 Å². The number of carboxylic acids is 1. The lowest BCUT2D eigenvalue weighted by molar-refractivity contribution is -0.142. The highest BCUT2D eigenvalue weighted by Crippen LogP contribution is 2.35. The van der Waals surface area contributed by atoms with Crippen LogP contribution in [0.4, 0.5) is 0 Å². The molecule has 2 aromatic carbocycles. The normalized spacial score (nSPS) is 14.6. The summed E-state index contributed by atoms with van der Waals surface area (Å²) < 4.78 is 11.1. The molecule has 3 aromatic rings. The second-order valence-electron chi connectivity index (χ2n) is 6.65. The molecule has 0 saturated heterocycles. The quantitative estimate of drug-likeness (QED) is 0.549. The predicted octanol–water partition coefficient (Wildman–Crippen LogP) is 3.69. The minimum atomic E-state index is -1.18. The molecule has 1 atom stereocenters. The summed E-state index contributed by atoms with van der Waals surface area (Å²) in [5.74, 6) is -1.09. The minimum absolute atomic E-state index is 0.222. The van der Waals surface area contributed by atoms with Crippen LogP contribution in [0.5, 0.6) is 11.5 Å². The maximum atomic E-state index is 12.5. The minimum Gasteiger partial charge on any atom is -0.484 e. The molecule has 1 aliphatic rings. The van der Waals surface area contributed by atoms with E-state index in [0.717, 1.165) is 4.88 Å². The van der Waals surface area contributed by atoms with Gasteiger partial charge in [-0.15, -0.1) is 11.3 Å². The Kier molecular flexibility index (Phi) is 5.81. The number of amides is 1. The van der Waals surface area contributed by atoms with Crippen molar-refractivity contribution >= 4 is 35.1 Å². The Morgan fingerprint density at radius 1 is 1.13 bits per heavy atom. The number of carbonyl (C=O) groups is 3. The lowest BCUT2D eigenvalue weighted by Crippen LogP contribution is -2.36. The summed E-state index contributed by atoms with van der Waals surface area (Å²) in [7, 11) is 0. The molecule has 0 bridgehead atoms. The maximum absolute atomic E-state index is 12.5. The summed E-state index contributed by atoms with van der Waals surface area (Å²) in [4.78, 5) is 37.1. The van der Waals surface area contributed by atoms with Crippen LogP contribution in [0.3, 0.4) is 0 Å². The number of benzene rings is 2. The van der Waals surface area contributed by atoms with Crippen LogP contribution >= 0.6 is 11.3 Å². The predicted molar refractivity (Wildman–Crippen MR) is 114 cm³/mol. The third-order valence-electron chi connectivity index (χ3n) is 4.51. The first-order chi connectivity index (χ1) is 15.0. The van der Waals surface area contributed by atoms with Gasteiger partial charge in [-0.1, -0.05) is 36.4 Å². The molecule has 1 unspecified atom stereocenters. The number of carbonyl (C=O) groups excluding carboxylic acids is 2. The average molecular weight is 435 g/mol. The Hall–Kier alpha value is -3.91. The highest BCUT2D eigenvalue weighted by molar-refractivity contribution is 7.10. The second-order valence-corrected chi connectivity index (χ2v) is 7.63. The highest BCUT2D eigenvalue weighted by atomic mass is 32.1. The van der Waals surface area contributed by atoms with Crippen molar-refractivity contribution in [1.29, 1.82) is 0 Å². The molecule has 0 saturated carbocycles. The average Bonchev–Trinajstić information content (AvgIpc) is 3.39. The van der Waals surface area contributed by atoms with E-state index in [1.54, 1.807) is 48.5 Å². The van der Waals surface area contributed by atoms with Crippen molar-refractivity contribution in [3.8, 4) is 11.5 Å². The summed E-state index contributed by atoms with van der Waals surface area (Å²) >= 11 is 1.49. The fourth-order valence-corrected chi connectivity index (χ4v) is 3.69. The number of allylic oxidation sites excluding steroid dienone is 1. The fourth-order valence-electron chi connectivity index (χ4n) is 3.04. The largest absolute Gasteiger partial charge is 0.484 e. The number of rotatable bonds is 7. The Morgan fingerprint density at radius 2 is 1.94 bits per heavy atom. The number of hydrogen-bond donors (Lipinski definition) is 2. The smallest absolute Gasteiger partial charge is 0.330 e. The number of carboxylic acid groups (broad SMARTS) is 1. The first-order valence-electron chi connectivity index (χ1n) is 9.33. The van der Waals surface area contributed by atoms with E-state index in [4.69, 9.17) is 9.47 Å². The van der Waals surface area contributed by atoms with Gasteiger partial charge < -0.3 is 19.9 Å². The zero-order valence-electron chi connectivity index (χ0n) is 16.1. The third-order valence-corrected chi connectivity index (χ3v) is 5.33. The van der Waals surface area contributed by atoms with Crippen LogP contribution in [-0.2, 0) is 9.59 Å². The molecular weight excluding hydrogens is 418 g/mol. The van der Waals surface area contributed by atoms with Crippen LogP contribution in [0.15, 0.2) is 71.8 Å². The van der Waals surface area contributed by atoms with Gasteiger partial charge in [-0.25, -0.2) is 4.79 Å². The van der Waals surface area contributed by atoms with Crippen molar-refractivity contribution in [3.63, 3.8) is 0 Å². The molecule has 0 fully saturated rings. The van der Waals surface area contributed by atoms with E-state index in [1.807, 2.05) is 17.5 Å². The monoisotopic (exact) mass is 435 g/mol. The van der Waals surface area contributed by atoms with Crippen LogP contribution in [0.25, 0.3) is 6.08 Å². The van der Waals surface area contributed by atoms with E-state index in [0.29, 0.717) is 22.6 Å². The van der Waals surface area contributed by atoms with Crippen LogP contribution < -0.4 is 14.8 Å². The molecular formula is C23H17NO6S. The van der Waals surface area contributed by atoms with Crippen molar-refractivity contribution in [2.75, 3.05) is 6.61 Å². The number of nitrogens with one attached hydrogen (secondary N) is 1. The molecule has 8 heteroatoms. The molecule has 156 valence electrons. The Bertz CT molecular complexity index is 1150. The second kappa shape index (κ2) is 8.85. The van der Waals surface area contributed by atoms with Gasteiger partial charge >= 0.3 is 5.97 Å². The van der Waals surface area contributed by atoms with Gasteiger partial charge in [-0.3, -0.25) is 9.59 Å². The lowest BCUT2D eigenvalue weighted by atomic mass is 10.1. The first-order valence-corrected chi connectivity index (χ1v) is 10.2. The van der Waals surface area contributed by atoms with Crippen LogP contribution in [0.2, 0.25) is 0 Å². The molecule has 0 aliphatic carbocycles. The lowest BCUT2D eigenvalue weighted by Gasteiger charge is -2.15. The number of thiophene rings is 1. The van der Waals surface area contributed by atoms with Crippen molar-refractivity contribution in [2.45, 2.75) is 6.04 Å². The van der Waals surface area contributed by atoms with E-state index in [1.165, 1.54) is 17.4 Å². The number of ketones is 1. The zero-order valence-corrected chi connectivity index (χ0v) is 16.9. The molecule has 2 N–H and O–H groups in total. The molecule has 1 amide bonds. The molecule has 31 heavy (non-hydrogen) atoms. The summed E-state index contributed by atoms with van der Waals surface area (Å²) in [6.45, 7) is -0.388. The highest BCUT2D eigenvalue weighted by Gasteiger charge is 2.28. The number of Topliss-reactive ketones (excluding diaryl/α,β-unsaturated/α-hetero) is 1. The third kappa shape index (κ3) is 4.65. The molecule has 7 nitrogen and oxygen atoms in total. The molecule has 4 rings (SSSR count). The standard InChI is InChI=1S/C23H17NO6S/c25-20(24-21(23(27)28)14-5-2-1-3-6-14)13-29-15-8-9-17-18(11-15)30-19(22(17)26)12-16-7-4-10-31-16/h1-12,21H,13H2,(H,24,25)(H,27,28). The van der Waals surface area contributed by atoms with Gasteiger partial charge in [0.1, 0.15) is 11.5 Å². The van der Waals surface area contributed by atoms with E-state index in [9.17, 15) is 19.5 Å². The summed E-state index contributed by atoms with van der Waals surface area (Å²) in [5, 5.41) is 13.7. The van der Waals surface area contributed by atoms with Crippen molar-refractivity contribution in [1.82, 2.24) is 5.32 Å². The van der Waals surface area contributed by atoms with Crippen molar-refractivity contribution < 1.29 is 29.0 Å². The Morgan fingerprint density at radius 3 is 2.65 bits per heavy atom. The zero-order chi connectivity index (χ0) is 21.8. The van der Waals surface area contributed by atoms with Crippen molar-refractivity contribution in [2.24, 2.45) is 0 Å².